The van der Waals surface area contributed by atoms with Gasteiger partial charge in [0.2, 0.25) is 0 Å². The lowest BCUT2D eigenvalue weighted by Gasteiger charge is -2.23. The molecule has 0 radical (unpaired) electrons. The van der Waals surface area contributed by atoms with Gasteiger partial charge in [0.15, 0.2) is 0 Å². The Labute approximate surface area is 85.8 Å². The molecule has 1 saturated carbocycles. The van der Waals surface area contributed by atoms with Crippen LogP contribution in [0.4, 0.5) is 0 Å². The third-order valence-corrected chi connectivity index (χ3v) is 3.29. The average molecular weight is 190 g/mol. The Bertz CT molecular complexity index is 332. The maximum absolute atomic E-state index is 10.5. The molecule has 2 atom stereocenters. The monoisotopic (exact) mass is 190 g/mol. The van der Waals surface area contributed by atoms with E-state index in [1.807, 2.05) is 12.1 Å². The molecule has 1 nitrogen and oxygen atoms in total. The van der Waals surface area contributed by atoms with Crippen molar-refractivity contribution >= 4 is 0 Å². The molecule has 1 fully saturated rings. The van der Waals surface area contributed by atoms with E-state index >= 15 is 0 Å². The first kappa shape index (κ1) is 9.72. The van der Waals surface area contributed by atoms with Gasteiger partial charge < -0.3 is 5.11 Å². The fraction of sp³-hybridized carbons (Fsp3) is 0.538. The van der Waals surface area contributed by atoms with Crippen LogP contribution in [0.25, 0.3) is 0 Å². The number of aryl methyl sites for hydroxylation is 1. The van der Waals surface area contributed by atoms with Crippen molar-refractivity contribution in [3.8, 4) is 0 Å². The molecule has 1 aliphatic carbocycles. The summed E-state index contributed by atoms with van der Waals surface area (Å²) in [6, 6.07) is 8.26. The van der Waals surface area contributed by atoms with Crippen LogP contribution in [0, 0.1) is 12.8 Å². The van der Waals surface area contributed by atoms with Gasteiger partial charge in [-0.1, -0.05) is 36.8 Å². The molecular formula is C13H18O. The first-order valence-corrected chi connectivity index (χ1v) is 5.40. The molecule has 0 unspecified atom stereocenters. The number of hydrogen-bond donors (Lipinski definition) is 1. The number of aliphatic hydroxyl groups is 1. The van der Waals surface area contributed by atoms with Gasteiger partial charge in [-0.15, -0.1) is 0 Å². The molecule has 1 N–H and O–H groups in total. The molecule has 0 heterocycles. The van der Waals surface area contributed by atoms with Crippen LogP contribution in [0.2, 0.25) is 0 Å². The largest absolute Gasteiger partial charge is 0.385 e. The van der Waals surface area contributed by atoms with Crippen molar-refractivity contribution in [3.05, 3.63) is 35.4 Å². The predicted octanol–water partition coefficient (Wildman–Crippen LogP) is 3.00. The Balaban J connectivity index is 2.30. The Hall–Kier alpha value is -0.820. The Kier molecular flexibility index (Phi) is 2.36. The standard InChI is InChI=1S/C13H18O/c1-10-4-3-5-12(8-10)13(14)7-6-11(2)9-13/h3-5,8,11,14H,6-7,9H2,1-2H3/t11-,13-/m1/s1. The fourth-order valence-electron chi connectivity index (χ4n) is 2.46. The number of rotatable bonds is 1. The minimum Gasteiger partial charge on any atom is -0.385 e. The third kappa shape index (κ3) is 1.69. The lowest BCUT2D eigenvalue weighted by Crippen LogP contribution is -2.21. The maximum atomic E-state index is 10.5. The molecule has 0 bridgehead atoms. The smallest absolute Gasteiger partial charge is 0.0899 e. The van der Waals surface area contributed by atoms with Crippen LogP contribution in [0.5, 0.6) is 0 Å². The van der Waals surface area contributed by atoms with Crippen molar-refractivity contribution in [2.24, 2.45) is 5.92 Å². The van der Waals surface area contributed by atoms with Gasteiger partial charge in [0.25, 0.3) is 0 Å². The van der Waals surface area contributed by atoms with Crippen LogP contribution < -0.4 is 0 Å². The molecule has 1 aliphatic rings. The summed E-state index contributed by atoms with van der Waals surface area (Å²) in [7, 11) is 0. The second-order valence-corrected chi connectivity index (χ2v) is 4.75. The van der Waals surface area contributed by atoms with Crippen molar-refractivity contribution in [3.63, 3.8) is 0 Å². The first-order valence-electron chi connectivity index (χ1n) is 5.40. The highest BCUT2D eigenvalue weighted by Crippen LogP contribution is 2.41. The Morgan fingerprint density at radius 1 is 1.43 bits per heavy atom. The molecule has 2 rings (SSSR count). The van der Waals surface area contributed by atoms with E-state index < -0.39 is 5.60 Å². The zero-order chi connectivity index (χ0) is 10.2. The molecule has 1 aromatic carbocycles. The van der Waals surface area contributed by atoms with Gasteiger partial charge in [0.1, 0.15) is 0 Å². The highest BCUT2D eigenvalue weighted by Gasteiger charge is 2.36. The zero-order valence-electron chi connectivity index (χ0n) is 8.96. The van der Waals surface area contributed by atoms with E-state index in [0.717, 1.165) is 24.8 Å². The molecule has 0 aromatic heterocycles. The van der Waals surface area contributed by atoms with Crippen LogP contribution in [0.3, 0.4) is 0 Å². The van der Waals surface area contributed by atoms with Crippen LogP contribution >= 0.6 is 0 Å². The molecule has 1 heteroatoms. The lowest BCUT2D eigenvalue weighted by molar-refractivity contribution is 0.0407. The van der Waals surface area contributed by atoms with E-state index in [1.165, 1.54) is 5.56 Å². The second-order valence-electron chi connectivity index (χ2n) is 4.75. The molecular weight excluding hydrogens is 172 g/mol. The van der Waals surface area contributed by atoms with Gasteiger partial charge in [0, 0.05) is 0 Å². The molecule has 0 saturated heterocycles. The quantitative estimate of drug-likeness (QED) is 0.721. The van der Waals surface area contributed by atoms with E-state index in [-0.39, 0.29) is 0 Å². The fourth-order valence-corrected chi connectivity index (χ4v) is 2.46. The van der Waals surface area contributed by atoms with Gasteiger partial charge in [0.05, 0.1) is 5.60 Å². The zero-order valence-corrected chi connectivity index (χ0v) is 8.96. The first-order chi connectivity index (χ1) is 6.60. The van der Waals surface area contributed by atoms with E-state index in [0.29, 0.717) is 5.92 Å². The van der Waals surface area contributed by atoms with Gasteiger partial charge in [-0.05, 0) is 37.7 Å². The van der Waals surface area contributed by atoms with Crippen molar-refractivity contribution in [1.29, 1.82) is 0 Å². The van der Waals surface area contributed by atoms with Crippen molar-refractivity contribution in [2.75, 3.05) is 0 Å². The highest BCUT2D eigenvalue weighted by molar-refractivity contribution is 5.28. The van der Waals surface area contributed by atoms with Crippen molar-refractivity contribution in [2.45, 2.75) is 38.7 Å². The lowest BCUT2D eigenvalue weighted by atomic mass is 9.90. The third-order valence-electron chi connectivity index (χ3n) is 3.29. The molecule has 0 aliphatic heterocycles. The van der Waals surface area contributed by atoms with E-state index in [4.69, 9.17) is 0 Å². The van der Waals surface area contributed by atoms with Gasteiger partial charge in [-0.3, -0.25) is 0 Å². The van der Waals surface area contributed by atoms with Crippen LogP contribution in [-0.4, -0.2) is 5.11 Å². The van der Waals surface area contributed by atoms with Crippen LogP contribution in [0.1, 0.15) is 37.3 Å². The Morgan fingerprint density at radius 3 is 2.79 bits per heavy atom. The van der Waals surface area contributed by atoms with Gasteiger partial charge >= 0.3 is 0 Å². The summed E-state index contributed by atoms with van der Waals surface area (Å²) in [5.41, 5.74) is 1.78. The van der Waals surface area contributed by atoms with E-state index in [9.17, 15) is 5.11 Å². The molecule has 0 amide bonds. The van der Waals surface area contributed by atoms with Crippen molar-refractivity contribution in [1.82, 2.24) is 0 Å². The maximum Gasteiger partial charge on any atom is 0.0899 e. The Morgan fingerprint density at radius 2 is 2.21 bits per heavy atom. The van der Waals surface area contributed by atoms with E-state index in [2.05, 4.69) is 26.0 Å². The molecule has 0 spiro atoms. The summed E-state index contributed by atoms with van der Waals surface area (Å²) in [6.45, 7) is 4.29. The van der Waals surface area contributed by atoms with Crippen molar-refractivity contribution < 1.29 is 5.11 Å². The van der Waals surface area contributed by atoms with Gasteiger partial charge in [-0.25, -0.2) is 0 Å². The molecule has 14 heavy (non-hydrogen) atoms. The highest BCUT2D eigenvalue weighted by atomic mass is 16.3. The predicted molar refractivity (Wildman–Crippen MR) is 58.1 cm³/mol. The molecule has 76 valence electrons. The second kappa shape index (κ2) is 3.39. The minimum absolute atomic E-state index is 0.550. The summed E-state index contributed by atoms with van der Waals surface area (Å²) in [5, 5.41) is 10.5. The molecule has 1 aromatic rings. The topological polar surface area (TPSA) is 20.2 Å². The van der Waals surface area contributed by atoms with Crippen LogP contribution in [0.15, 0.2) is 24.3 Å². The summed E-state index contributed by atoms with van der Waals surface area (Å²) >= 11 is 0. The summed E-state index contributed by atoms with van der Waals surface area (Å²) in [6.07, 6.45) is 2.97. The van der Waals surface area contributed by atoms with Gasteiger partial charge in [-0.2, -0.15) is 0 Å². The number of benzene rings is 1. The van der Waals surface area contributed by atoms with E-state index in [1.54, 1.807) is 0 Å². The SMILES string of the molecule is Cc1cccc([C@@]2(O)CC[C@@H](C)C2)c1. The normalized spacial score (nSPS) is 32.1. The number of hydrogen-bond acceptors (Lipinski definition) is 1. The summed E-state index contributed by atoms with van der Waals surface area (Å²) in [5.74, 6) is 0.653. The minimum atomic E-state index is -0.550. The summed E-state index contributed by atoms with van der Waals surface area (Å²) < 4.78 is 0. The van der Waals surface area contributed by atoms with Crippen LogP contribution in [-0.2, 0) is 5.60 Å². The summed E-state index contributed by atoms with van der Waals surface area (Å²) in [4.78, 5) is 0. The average Bonchev–Trinajstić information content (AvgIpc) is 2.48.